The number of nitrogens with one attached hydrogen (secondary N) is 2. The van der Waals surface area contributed by atoms with E-state index in [9.17, 15) is 0 Å². The molecule has 2 aromatic rings. The van der Waals surface area contributed by atoms with Gasteiger partial charge in [0.05, 0.1) is 12.7 Å². The van der Waals surface area contributed by atoms with Crippen LogP contribution in [0.25, 0.3) is 0 Å². The first-order chi connectivity index (χ1) is 9.88. The molecule has 0 saturated heterocycles. The van der Waals surface area contributed by atoms with Crippen LogP contribution in [0.1, 0.15) is 5.56 Å². The number of halogens is 1. The first-order valence-electron chi connectivity index (χ1n) is 6.37. The first-order valence-corrected chi connectivity index (χ1v) is 7.31. The molecule has 0 fully saturated rings. The topological polar surface area (TPSA) is 58.5 Å². The Morgan fingerprint density at radius 2 is 2.29 bits per heavy atom. The molecule has 2 aromatic heterocycles. The van der Waals surface area contributed by atoms with Crippen molar-refractivity contribution < 1.29 is 4.74 Å². The van der Waals surface area contributed by atoms with E-state index in [1.807, 2.05) is 12.1 Å². The first kappa shape index (κ1) is 17.7. The highest BCUT2D eigenvalue weighted by Gasteiger charge is 1.98. The summed E-state index contributed by atoms with van der Waals surface area (Å²) in [5.74, 6) is 1.54. The maximum Gasteiger partial charge on any atom is 0.191 e. The van der Waals surface area contributed by atoms with Crippen LogP contribution in [-0.4, -0.2) is 31.1 Å². The molecule has 0 aliphatic rings. The summed E-state index contributed by atoms with van der Waals surface area (Å²) in [5, 5.41) is 10.6. The zero-order valence-corrected chi connectivity index (χ0v) is 14.9. The molecule has 2 rings (SSSR count). The maximum atomic E-state index is 5.55. The highest BCUT2D eigenvalue weighted by atomic mass is 127. The molecule has 114 valence electrons. The van der Waals surface area contributed by atoms with Gasteiger partial charge in [0.25, 0.3) is 0 Å². The molecule has 5 nitrogen and oxygen atoms in total. The lowest BCUT2D eigenvalue weighted by Gasteiger charge is -2.11. The average molecular weight is 418 g/mol. The Hall–Kier alpha value is -1.35. The SMILES string of the molecule is CN=C(NCCOc1cccnc1)NCc1ccsc1.I. The van der Waals surface area contributed by atoms with Crippen LogP contribution >= 0.6 is 35.3 Å². The average Bonchev–Trinajstić information content (AvgIpc) is 3.01. The smallest absolute Gasteiger partial charge is 0.191 e. The summed E-state index contributed by atoms with van der Waals surface area (Å²) in [6.07, 6.45) is 3.42. The third-order valence-corrected chi connectivity index (χ3v) is 3.29. The van der Waals surface area contributed by atoms with Crippen molar-refractivity contribution in [2.75, 3.05) is 20.2 Å². The van der Waals surface area contributed by atoms with Gasteiger partial charge in [0.1, 0.15) is 12.4 Å². The lowest BCUT2D eigenvalue weighted by molar-refractivity contribution is 0.320. The Labute approximate surface area is 145 Å². The van der Waals surface area contributed by atoms with Gasteiger partial charge in [-0.25, -0.2) is 0 Å². The van der Waals surface area contributed by atoms with Crippen LogP contribution in [0.2, 0.25) is 0 Å². The van der Waals surface area contributed by atoms with Gasteiger partial charge in [0.2, 0.25) is 0 Å². The van der Waals surface area contributed by atoms with Crippen molar-refractivity contribution in [3.8, 4) is 5.75 Å². The van der Waals surface area contributed by atoms with Gasteiger partial charge >= 0.3 is 0 Å². The van der Waals surface area contributed by atoms with Gasteiger partial charge in [0, 0.05) is 19.8 Å². The van der Waals surface area contributed by atoms with Gasteiger partial charge in [-0.15, -0.1) is 24.0 Å². The van der Waals surface area contributed by atoms with Gasteiger partial charge in [0.15, 0.2) is 5.96 Å². The second kappa shape index (κ2) is 10.4. The number of nitrogens with zero attached hydrogens (tertiary/aromatic N) is 2. The van der Waals surface area contributed by atoms with Crippen LogP contribution in [0.4, 0.5) is 0 Å². The molecule has 7 heteroatoms. The molecule has 0 amide bonds. The second-order valence-corrected chi connectivity index (χ2v) is 4.80. The lowest BCUT2D eigenvalue weighted by atomic mass is 10.3. The van der Waals surface area contributed by atoms with Crippen LogP contribution in [0.5, 0.6) is 5.75 Å². The zero-order chi connectivity index (χ0) is 14.0. The Morgan fingerprint density at radius 1 is 1.38 bits per heavy atom. The number of pyridine rings is 1. The molecule has 0 saturated carbocycles. The number of hydrogen-bond donors (Lipinski definition) is 2. The van der Waals surface area contributed by atoms with Crippen molar-refractivity contribution in [1.82, 2.24) is 15.6 Å². The number of thiophene rings is 1. The fourth-order valence-corrected chi connectivity index (χ4v) is 2.24. The Kier molecular flexibility index (Phi) is 8.76. The molecule has 0 spiro atoms. The number of rotatable bonds is 6. The van der Waals surface area contributed by atoms with Crippen molar-refractivity contribution in [1.29, 1.82) is 0 Å². The van der Waals surface area contributed by atoms with E-state index in [-0.39, 0.29) is 24.0 Å². The Morgan fingerprint density at radius 3 is 2.95 bits per heavy atom. The molecule has 0 aliphatic carbocycles. The minimum atomic E-state index is 0. The van der Waals surface area contributed by atoms with Crippen LogP contribution in [0, 0.1) is 0 Å². The summed E-state index contributed by atoms with van der Waals surface area (Å²) >= 11 is 1.69. The molecule has 0 aliphatic heterocycles. The van der Waals surface area contributed by atoms with E-state index in [0.717, 1.165) is 18.3 Å². The van der Waals surface area contributed by atoms with Crippen molar-refractivity contribution in [3.63, 3.8) is 0 Å². The standard InChI is InChI=1S/C14H18N4OS.HI/c1-15-14(18-9-12-4-8-20-11-12)17-6-7-19-13-3-2-5-16-10-13;/h2-5,8,10-11H,6-7,9H2,1H3,(H2,15,17,18);1H. The minimum Gasteiger partial charge on any atom is -0.490 e. The molecular formula is C14H19IN4OS. The van der Waals surface area contributed by atoms with Crippen molar-refractivity contribution in [2.45, 2.75) is 6.54 Å². The number of guanidine groups is 1. The third-order valence-electron chi connectivity index (χ3n) is 2.56. The van der Waals surface area contributed by atoms with E-state index in [1.165, 1.54) is 5.56 Å². The highest BCUT2D eigenvalue weighted by Crippen LogP contribution is 2.05. The summed E-state index contributed by atoms with van der Waals surface area (Å²) in [6.45, 7) is 2.01. The number of aliphatic imine (C=N–C) groups is 1. The van der Waals surface area contributed by atoms with E-state index in [1.54, 1.807) is 30.8 Å². The monoisotopic (exact) mass is 418 g/mol. The molecular weight excluding hydrogens is 399 g/mol. The van der Waals surface area contributed by atoms with Gasteiger partial charge in [-0.3, -0.25) is 9.98 Å². The number of aromatic nitrogens is 1. The Balaban J connectivity index is 0.00000220. The summed E-state index contributed by atoms with van der Waals surface area (Å²) in [4.78, 5) is 8.15. The van der Waals surface area contributed by atoms with Crippen LogP contribution in [0.3, 0.4) is 0 Å². The molecule has 0 radical (unpaired) electrons. The van der Waals surface area contributed by atoms with E-state index >= 15 is 0 Å². The zero-order valence-electron chi connectivity index (χ0n) is 11.8. The van der Waals surface area contributed by atoms with Crippen LogP contribution in [-0.2, 0) is 6.54 Å². The van der Waals surface area contributed by atoms with E-state index < -0.39 is 0 Å². The van der Waals surface area contributed by atoms with Gasteiger partial charge in [-0.1, -0.05) is 0 Å². The lowest BCUT2D eigenvalue weighted by Crippen LogP contribution is -2.38. The van der Waals surface area contributed by atoms with Gasteiger partial charge in [-0.05, 0) is 34.5 Å². The van der Waals surface area contributed by atoms with Crippen molar-refractivity contribution in [2.24, 2.45) is 4.99 Å². The molecule has 21 heavy (non-hydrogen) atoms. The summed E-state index contributed by atoms with van der Waals surface area (Å²) in [6, 6.07) is 5.83. The van der Waals surface area contributed by atoms with E-state index in [0.29, 0.717) is 13.2 Å². The highest BCUT2D eigenvalue weighted by molar-refractivity contribution is 14.0. The molecule has 0 atom stereocenters. The van der Waals surface area contributed by atoms with Crippen molar-refractivity contribution in [3.05, 3.63) is 46.9 Å². The number of ether oxygens (including phenoxy) is 1. The second-order valence-electron chi connectivity index (χ2n) is 4.02. The fourth-order valence-electron chi connectivity index (χ4n) is 1.57. The normalized spacial score (nSPS) is 10.6. The minimum absolute atomic E-state index is 0. The summed E-state index contributed by atoms with van der Waals surface area (Å²) in [5.41, 5.74) is 1.25. The van der Waals surface area contributed by atoms with Crippen LogP contribution in [0.15, 0.2) is 46.3 Å². The molecule has 0 bridgehead atoms. The molecule has 2 N–H and O–H groups in total. The largest absolute Gasteiger partial charge is 0.490 e. The predicted molar refractivity (Wildman–Crippen MR) is 97.7 cm³/mol. The van der Waals surface area contributed by atoms with E-state index in [4.69, 9.17) is 4.74 Å². The van der Waals surface area contributed by atoms with E-state index in [2.05, 4.69) is 37.4 Å². The number of hydrogen-bond acceptors (Lipinski definition) is 4. The maximum absolute atomic E-state index is 5.55. The molecule has 0 unspecified atom stereocenters. The molecule has 2 heterocycles. The van der Waals surface area contributed by atoms with Gasteiger partial charge < -0.3 is 15.4 Å². The van der Waals surface area contributed by atoms with Gasteiger partial charge in [-0.2, -0.15) is 11.3 Å². The summed E-state index contributed by atoms with van der Waals surface area (Å²) in [7, 11) is 1.75. The summed E-state index contributed by atoms with van der Waals surface area (Å²) < 4.78 is 5.55. The Bertz CT molecular complexity index is 519. The quantitative estimate of drug-likeness (QED) is 0.328. The predicted octanol–water partition coefficient (Wildman–Crippen LogP) is 2.51. The van der Waals surface area contributed by atoms with Crippen LogP contribution < -0.4 is 15.4 Å². The molecule has 0 aromatic carbocycles. The third kappa shape index (κ3) is 6.76. The fraction of sp³-hybridized carbons (Fsp3) is 0.286. The van der Waals surface area contributed by atoms with Crippen molar-refractivity contribution >= 4 is 41.3 Å².